The van der Waals surface area contributed by atoms with Crippen LogP contribution in [0, 0.1) is 22.7 Å². The summed E-state index contributed by atoms with van der Waals surface area (Å²) >= 11 is 1.18. The minimum absolute atomic E-state index is 0.0666. The van der Waals surface area contributed by atoms with Gasteiger partial charge in [-0.15, -0.1) is 0 Å². The summed E-state index contributed by atoms with van der Waals surface area (Å²) in [6.07, 6.45) is 0.509. The van der Waals surface area contributed by atoms with Crippen molar-refractivity contribution in [1.82, 2.24) is 4.98 Å². The molecule has 3 rings (SSSR count). The highest BCUT2D eigenvalue weighted by Crippen LogP contribution is 2.35. The number of nitrogens with zero attached hydrogens (tertiary/aromatic N) is 3. The first-order valence-corrected chi connectivity index (χ1v) is 11.7. The second kappa shape index (κ2) is 11.2. The third-order valence-electron chi connectivity index (χ3n) is 5.05. The lowest BCUT2D eigenvalue weighted by atomic mass is 9.94. The zero-order valence-corrected chi connectivity index (χ0v) is 20.0. The molecular weight excluding hydrogens is 446 g/mol. The van der Waals surface area contributed by atoms with Gasteiger partial charge in [-0.2, -0.15) is 10.5 Å². The number of nitrogens with two attached hydrogens (primary N) is 1. The van der Waals surface area contributed by atoms with E-state index >= 15 is 0 Å². The molecule has 0 bridgehead atoms. The number of carbonyl (C=O) groups is 1. The molecule has 3 N–H and O–H groups in total. The Morgan fingerprint density at radius 1 is 1.06 bits per heavy atom. The lowest BCUT2D eigenvalue weighted by Crippen LogP contribution is -2.25. The zero-order chi connectivity index (χ0) is 24.7. The standard InChI is InChI=1S/C26H25N5O2S/c1-4-22(34-26-21(15-28)23(16(2)3)20(14-27)24(29)31-26)25(32)30-17-10-12-19(13-11-17)33-18-8-6-5-7-9-18/h5-13,16,22H,4H2,1-3H3,(H2,29,31)(H,30,32). The van der Waals surface area contributed by atoms with Crippen LogP contribution in [0.15, 0.2) is 59.6 Å². The molecular formula is C26H25N5O2S. The first-order chi connectivity index (χ1) is 16.4. The molecule has 1 atom stereocenters. The molecule has 0 fully saturated rings. The van der Waals surface area contributed by atoms with Gasteiger partial charge < -0.3 is 15.8 Å². The van der Waals surface area contributed by atoms with E-state index < -0.39 is 5.25 Å². The van der Waals surface area contributed by atoms with Crippen LogP contribution >= 0.6 is 11.8 Å². The van der Waals surface area contributed by atoms with Crippen LogP contribution in [-0.2, 0) is 4.79 Å². The maximum Gasteiger partial charge on any atom is 0.237 e. The molecule has 8 heteroatoms. The lowest BCUT2D eigenvalue weighted by molar-refractivity contribution is -0.115. The molecule has 1 amide bonds. The fourth-order valence-corrected chi connectivity index (χ4v) is 4.42. The molecule has 0 aliphatic heterocycles. The highest BCUT2D eigenvalue weighted by atomic mass is 32.2. The van der Waals surface area contributed by atoms with Crippen molar-refractivity contribution < 1.29 is 9.53 Å². The van der Waals surface area contributed by atoms with Gasteiger partial charge in [-0.1, -0.05) is 50.7 Å². The summed E-state index contributed by atoms with van der Waals surface area (Å²) in [5, 5.41) is 22.0. The highest BCUT2D eigenvalue weighted by molar-refractivity contribution is 8.00. The molecule has 0 spiro atoms. The van der Waals surface area contributed by atoms with Crippen molar-refractivity contribution in [3.63, 3.8) is 0 Å². The van der Waals surface area contributed by atoms with Gasteiger partial charge in [0.05, 0.1) is 16.4 Å². The van der Waals surface area contributed by atoms with E-state index in [0.29, 0.717) is 34.0 Å². The average Bonchev–Trinajstić information content (AvgIpc) is 2.83. The quantitative estimate of drug-likeness (QED) is 0.396. The van der Waals surface area contributed by atoms with E-state index in [4.69, 9.17) is 10.5 Å². The van der Waals surface area contributed by atoms with E-state index in [0.717, 1.165) is 5.75 Å². The van der Waals surface area contributed by atoms with Gasteiger partial charge in [-0.3, -0.25) is 4.79 Å². The summed E-state index contributed by atoms with van der Waals surface area (Å²) in [6.45, 7) is 5.66. The SMILES string of the molecule is CCC(Sc1nc(N)c(C#N)c(C(C)C)c1C#N)C(=O)Nc1ccc(Oc2ccccc2)cc1. The number of nitrogens with one attached hydrogen (secondary N) is 1. The predicted octanol–water partition coefficient (Wildman–Crippen LogP) is 5.83. The third-order valence-corrected chi connectivity index (χ3v) is 6.40. The normalized spacial score (nSPS) is 11.4. The van der Waals surface area contributed by atoms with Crippen molar-refractivity contribution >= 4 is 29.2 Å². The van der Waals surface area contributed by atoms with E-state index in [-0.39, 0.29) is 23.2 Å². The summed E-state index contributed by atoms with van der Waals surface area (Å²) in [5.41, 5.74) is 7.70. The fraction of sp³-hybridized carbons (Fsp3) is 0.231. The van der Waals surface area contributed by atoms with Gasteiger partial charge in [-0.25, -0.2) is 4.98 Å². The van der Waals surface area contributed by atoms with E-state index in [1.54, 1.807) is 24.3 Å². The van der Waals surface area contributed by atoms with Crippen molar-refractivity contribution in [3.8, 4) is 23.6 Å². The van der Waals surface area contributed by atoms with Gasteiger partial charge in [0.25, 0.3) is 0 Å². The number of hydrogen-bond acceptors (Lipinski definition) is 7. The Bertz CT molecular complexity index is 1250. The topological polar surface area (TPSA) is 125 Å². The summed E-state index contributed by atoms with van der Waals surface area (Å²) in [7, 11) is 0. The van der Waals surface area contributed by atoms with Crippen LogP contribution in [0.5, 0.6) is 11.5 Å². The Hall–Kier alpha value is -4.01. The highest BCUT2D eigenvalue weighted by Gasteiger charge is 2.25. The smallest absolute Gasteiger partial charge is 0.237 e. The van der Waals surface area contributed by atoms with Crippen molar-refractivity contribution in [3.05, 3.63) is 71.3 Å². The van der Waals surface area contributed by atoms with Gasteiger partial charge in [-0.05, 0) is 54.3 Å². The van der Waals surface area contributed by atoms with Crippen molar-refractivity contribution in [2.24, 2.45) is 0 Å². The molecule has 1 unspecified atom stereocenters. The van der Waals surface area contributed by atoms with Gasteiger partial charge in [0.15, 0.2) is 0 Å². The van der Waals surface area contributed by atoms with Crippen molar-refractivity contribution in [2.45, 2.75) is 43.4 Å². The summed E-state index contributed by atoms with van der Waals surface area (Å²) < 4.78 is 5.78. The number of aromatic nitrogens is 1. The van der Waals surface area contributed by atoms with Crippen LogP contribution < -0.4 is 15.8 Å². The van der Waals surface area contributed by atoms with Crippen LogP contribution in [0.1, 0.15) is 49.8 Å². The Morgan fingerprint density at radius 2 is 1.68 bits per heavy atom. The first kappa shape index (κ1) is 24.6. The van der Waals surface area contributed by atoms with Crippen LogP contribution in [0.4, 0.5) is 11.5 Å². The lowest BCUT2D eigenvalue weighted by Gasteiger charge is -2.18. The molecule has 172 valence electrons. The van der Waals surface area contributed by atoms with E-state index in [1.807, 2.05) is 51.1 Å². The minimum Gasteiger partial charge on any atom is -0.457 e. The molecule has 7 nitrogen and oxygen atoms in total. The average molecular weight is 472 g/mol. The predicted molar refractivity (Wildman–Crippen MR) is 134 cm³/mol. The number of thioether (sulfide) groups is 1. The van der Waals surface area contributed by atoms with Gasteiger partial charge in [0.1, 0.15) is 34.5 Å². The molecule has 0 aliphatic carbocycles. The number of ether oxygens (including phenoxy) is 1. The number of benzene rings is 2. The summed E-state index contributed by atoms with van der Waals surface area (Å²) in [6, 6.07) is 20.7. The maximum atomic E-state index is 13.0. The molecule has 0 saturated carbocycles. The van der Waals surface area contributed by atoms with E-state index in [9.17, 15) is 15.3 Å². The summed E-state index contributed by atoms with van der Waals surface area (Å²) in [4.78, 5) is 17.3. The molecule has 0 aliphatic rings. The summed E-state index contributed by atoms with van der Waals surface area (Å²) in [5.74, 6) is 1.13. The van der Waals surface area contributed by atoms with Gasteiger partial charge >= 0.3 is 0 Å². The van der Waals surface area contributed by atoms with E-state index in [1.165, 1.54) is 11.8 Å². The minimum atomic E-state index is -0.507. The molecule has 0 saturated heterocycles. The Kier molecular flexibility index (Phi) is 8.13. The number of carbonyl (C=O) groups excluding carboxylic acids is 1. The number of pyridine rings is 1. The Balaban J connectivity index is 1.77. The molecule has 34 heavy (non-hydrogen) atoms. The number of nitriles is 2. The van der Waals surface area contributed by atoms with Crippen molar-refractivity contribution in [2.75, 3.05) is 11.1 Å². The van der Waals surface area contributed by atoms with Crippen LogP contribution in [-0.4, -0.2) is 16.1 Å². The van der Waals surface area contributed by atoms with Gasteiger partial charge in [0, 0.05) is 5.69 Å². The number of anilines is 2. The molecule has 1 aromatic heterocycles. The molecule has 0 radical (unpaired) electrons. The third kappa shape index (κ3) is 5.67. The second-order valence-corrected chi connectivity index (χ2v) is 8.98. The van der Waals surface area contributed by atoms with E-state index in [2.05, 4.69) is 22.4 Å². The van der Waals surface area contributed by atoms with Crippen LogP contribution in [0.2, 0.25) is 0 Å². The number of hydrogen-bond donors (Lipinski definition) is 2. The maximum absolute atomic E-state index is 13.0. The fourth-order valence-electron chi connectivity index (χ4n) is 3.40. The second-order valence-electron chi connectivity index (χ2n) is 7.79. The number of nitrogen functional groups attached to an aromatic ring is 1. The number of para-hydroxylation sites is 1. The number of amides is 1. The van der Waals surface area contributed by atoms with Crippen LogP contribution in [0.3, 0.4) is 0 Å². The first-order valence-electron chi connectivity index (χ1n) is 10.8. The largest absolute Gasteiger partial charge is 0.457 e. The monoisotopic (exact) mass is 471 g/mol. The Morgan fingerprint density at radius 3 is 2.24 bits per heavy atom. The molecule has 2 aromatic carbocycles. The number of rotatable bonds is 8. The van der Waals surface area contributed by atoms with Crippen LogP contribution in [0.25, 0.3) is 0 Å². The molecule has 1 heterocycles. The molecule has 3 aromatic rings. The van der Waals surface area contributed by atoms with Gasteiger partial charge in [0.2, 0.25) is 5.91 Å². The zero-order valence-electron chi connectivity index (χ0n) is 19.2. The Labute approximate surface area is 203 Å². The van der Waals surface area contributed by atoms with Crippen molar-refractivity contribution in [1.29, 1.82) is 10.5 Å².